The van der Waals surface area contributed by atoms with Gasteiger partial charge in [-0.05, 0) is 30.5 Å². The molecule has 2 bridgehead atoms. The predicted octanol–water partition coefficient (Wildman–Crippen LogP) is 5.49. The number of hydrogen-bond donors (Lipinski definition) is 0. The maximum absolute atomic E-state index is 14.8. The van der Waals surface area contributed by atoms with Crippen molar-refractivity contribution >= 4 is 17.6 Å². The molecule has 1 aliphatic carbocycles. The van der Waals surface area contributed by atoms with Crippen LogP contribution in [0.2, 0.25) is 0 Å². The number of anilines is 1. The number of rotatable bonds is 6. The molecule has 1 atom stereocenters. The molecule has 0 radical (unpaired) electrons. The number of halogens is 2. The first-order valence-corrected chi connectivity index (χ1v) is 13.3. The van der Waals surface area contributed by atoms with E-state index in [9.17, 15) is 18.5 Å². The highest BCUT2D eigenvalue weighted by Crippen LogP contribution is 2.42. The Morgan fingerprint density at radius 2 is 1.58 bits per heavy atom. The fraction of sp³-hybridized carbons (Fsp3) is 0.517. The Labute approximate surface area is 211 Å². The number of hydrogen-bond acceptors (Lipinski definition) is 3. The molecule has 1 saturated carbocycles. The number of benzene rings is 2. The number of nitrogens with zero attached hydrogens (tertiary/aromatic N) is 2. The van der Waals surface area contributed by atoms with E-state index >= 15 is 0 Å². The van der Waals surface area contributed by atoms with E-state index in [4.69, 9.17) is 4.74 Å². The predicted molar refractivity (Wildman–Crippen MR) is 133 cm³/mol. The summed E-state index contributed by atoms with van der Waals surface area (Å²) >= 11 is 0. The van der Waals surface area contributed by atoms with Crippen molar-refractivity contribution in [1.29, 1.82) is 0 Å². The van der Waals surface area contributed by atoms with Crippen molar-refractivity contribution in [2.45, 2.75) is 62.9 Å². The molecule has 3 saturated heterocycles. The number of ether oxygens (including phenoxy) is 1. The second-order valence-electron chi connectivity index (χ2n) is 10.9. The van der Waals surface area contributed by atoms with Gasteiger partial charge in [0.15, 0.2) is 12.6 Å². The van der Waals surface area contributed by atoms with Gasteiger partial charge in [0.05, 0.1) is 18.5 Å². The maximum Gasteiger partial charge on any atom is 0.317 e. The van der Waals surface area contributed by atoms with Gasteiger partial charge in [-0.25, -0.2) is 4.39 Å². The summed E-state index contributed by atoms with van der Waals surface area (Å²) in [6.07, 6.45) is 7.17. The summed E-state index contributed by atoms with van der Waals surface area (Å²) in [5.41, 5.74) is 0.0225. The Morgan fingerprint density at radius 3 is 2.25 bits per heavy atom. The molecule has 1 unspecified atom stereocenters. The van der Waals surface area contributed by atoms with Gasteiger partial charge >= 0.3 is 11.9 Å². The second-order valence-corrected chi connectivity index (χ2v) is 10.9. The van der Waals surface area contributed by atoms with E-state index in [0.717, 1.165) is 76.1 Å². The first-order chi connectivity index (χ1) is 17.4. The highest BCUT2D eigenvalue weighted by molar-refractivity contribution is 5.92. The minimum atomic E-state index is -0.771. The Kier molecular flexibility index (Phi) is 7.11. The molecular formula is C29H35F2N2O3+. The molecule has 2 aromatic rings. The van der Waals surface area contributed by atoms with Crippen LogP contribution in [-0.2, 0) is 19.7 Å². The van der Waals surface area contributed by atoms with Crippen LogP contribution in [0.1, 0.15) is 56.9 Å². The van der Waals surface area contributed by atoms with Gasteiger partial charge in [-0.15, -0.1) is 5.12 Å². The Bertz CT molecular complexity index is 1080. The van der Waals surface area contributed by atoms with E-state index in [0.29, 0.717) is 11.0 Å². The number of fused-ring (bicyclic) bond motifs is 3. The van der Waals surface area contributed by atoms with Crippen molar-refractivity contribution in [3.05, 3.63) is 66.0 Å². The van der Waals surface area contributed by atoms with E-state index < -0.39 is 17.1 Å². The highest BCUT2D eigenvalue weighted by atomic mass is 19.2. The third kappa shape index (κ3) is 4.77. The standard InChI is InChI=1S/C29H35F2N2O3/c30-24-12-6-7-13-25(24)32(31)27(34)21-33-18-14-22(15-19-33)26(20-33)36-28(35)29(16-8-1-2-9-17-29)23-10-4-3-5-11-23/h3-7,10-13,22,26H,1-2,8-9,14-21H2/q+1. The van der Waals surface area contributed by atoms with Gasteiger partial charge in [0.1, 0.15) is 18.0 Å². The lowest BCUT2D eigenvalue weighted by atomic mass is 9.74. The van der Waals surface area contributed by atoms with Crippen molar-refractivity contribution < 1.29 is 27.7 Å². The number of para-hydroxylation sites is 1. The van der Waals surface area contributed by atoms with Crippen LogP contribution < -0.4 is 5.12 Å². The Balaban J connectivity index is 1.32. The largest absolute Gasteiger partial charge is 0.455 e. The number of piperidine rings is 3. The smallest absolute Gasteiger partial charge is 0.317 e. The highest BCUT2D eigenvalue weighted by Gasteiger charge is 2.51. The van der Waals surface area contributed by atoms with E-state index in [2.05, 4.69) is 0 Å². The maximum atomic E-state index is 14.8. The van der Waals surface area contributed by atoms with Crippen LogP contribution in [-0.4, -0.2) is 48.6 Å². The molecule has 2 aromatic carbocycles. The van der Waals surface area contributed by atoms with Gasteiger partial charge in [0, 0.05) is 18.8 Å². The average Bonchev–Trinajstić information content (AvgIpc) is 3.17. The van der Waals surface area contributed by atoms with Crippen molar-refractivity contribution in [2.24, 2.45) is 5.92 Å². The average molecular weight is 498 g/mol. The van der Waals surface area contributed by atoms with E-state index in [-0.39, 0.29) is 35.3 Å². The van der Waals surface area contributed by atoms with Crippen LogP contribution in [0.25, 0.3) is 0 Å². The first kappa shape index (κ1) is 24.9. The molecule has 6 rings (SSSR count). The van der Waals surface area contributed by atoms with Crippen molar-refractivity contribution in [1.82, 2.24) is 0 Å². The van der Waals surface area contributed by atoms with Crippen molar-refractivity contribution in [2.75, 3.05) is 31.3 Å². The third-order valence-electron chi connectivity index (χ3n) is 8.73. The molecule has 3 heterocycles. The molecule has 3 aliphatic heterocycles. The van der Waals surface area contributed by atoms with Gasteiger partial charge < -0.3 is 9.22 Å². The summed E-state index contributed by atoms with van der Waals surface area (Å²) in [7, 11) is 0. The quantitative estimate of drug-likeness (QED) is 0.230. The summed E-state index contributed by atoms with van der Waals surface area (Å²) in [5.74, 6) is -1.44. The molecule has 5 nitrogen and oxygen atoms in total. The van der Waals surface area contributed by atoms with Gasteiger partial charge in [-0.3, -0.25) is 9.59 Å². The van der Waals surface area contributed by atoms with Gasteiger partial charge in [0.25, 0.3) is 0 Å². The number of amides is 1. The van der Waals surface area contributed by atoms with Crippen LogP contribution in [0.3, 0.4) is 0 Å². The summed E-state index contributed by atoms with van der Waals surface area (Å²) in [6.45, 7) is 1.90. The Morgan fingerprint density at radius 1 is 0.944 bits per heavy atom. The lowest BCUT2D eigenvalue weighted by Crippen LogP contribution is -2.66. The van der Waals surface area contributed by atoms with Crippen LogP contribution in [0.5, 0.6) is 0 Å². The van der Waals surface area contributed by atoms with E-state index in [1.165, 1.54) is 18.2 Å². The molecule has 36 heavy (non-hydrogen) atoms. The third-order valence-corrected chi connectivity index (χ3v) is 8.73. The van der Waals surface area contributed by atoms with Crippen molar-refractivity contribution in [3.63, 3.8) is 0 Å². The van der Waals surface area contributed by atoms with Crippen LogP contribution in [0.15, 0.2) is 54.6 Å². The molecular weight excluding hydrogens is 462 g/mol. The molecule has 0 spiro atoms. The normalized spacial score (nSPS) is 27.2. The molecule has 7 heteroatoms. The first-order valence-electron chi connectivity index (χ1n) is 13.3. The molecule has 4 aliphatic rings. The molecule has 0 aromatic heterocycles. The zero-order chi connectivity index (χ0) is 25.2. The second kappa shape index (κ2) is 10.3. The van der Waals surface area contributed by atoms with E-state index in [1.807, 2.05) is 30.3 Å². The number of carbonyl (C=O) groups excluding carboxylic acids is 2. The summed E-state index contributed by atoms with van der Waals surface area (Å²) in [6, 6.07) is 15.4. The van der Waals surface area contributed by atoms with Gasteiger partial charge in [0.2, 0.25) is 0 Å². The monoisotopic (exact) mass is 497 g/mol. The summed E-state index contributed by atoms with van der Waals surface area (Å²) < 4.78 is 35.6. The number of carbonyl (C=O) groups is 2. The summed E-state index contributed by atoms with van der Waals surface area (Å²) in [5, 5.41) is -0.0695. The van der Waals surface area contributed by atoms with Crippen LogP contribution >= 0.6 is 0 Å². The zero-order valence-corrected chi connectivity index (χ0v) is 20.7. The van der Waals surface area contributed by atoms with Crippen LogP contribution in [0, 0.1) is 11.7 Å². The molecule has 1 amide bonds. The molecule has 4 fully saturated rings. The van der Waals surface area contributed by atoms with Gasteiger partial charge in [-0.1, -0.05) is 72.6 Å². The Hall–Kier alpha value is -2.80. The fourth-order valence-electron chi connectivity index (χ4n) is 6.62. The molecule has 0 N–H and O–H groups in total. The zero-order valence-electron chi connectivity index (χ0n) is 20.7. The summed E-state index contributed by atoms with van der Waals surface area (Å²) in [4.78, 5) is 26.7. The minimum absolute atomic E-state index is 0.0695. The lowest BCUT2D eigenvalue weighted by Gasteiger charge is -2.52. The van der Waals surface area contributed by atoms with Gasteiger partial charge in [-0.2, -0.15) is 0 Å². The minimum Gasteiger partial charge on any atom is -0.455 e. The fourth-order valence-corrected chi connectivity index (χ4v) is 6.62. The van der Waals surface area contributed by atoms with Crippen molar-refractivity contribution in [3.8, 4) is 0 Å². The lowest BCUT2D eigenvalue weighted by molar-refractivity contribution is -0.939. The SMILES string of the molecule is O=C(C[N+]12CCC(CC1)C(OC(=O)C1(c3ccccc3)CCCCCC1)C2)N(F)c1ccccc1F. The van der Waals surface area contributed by atoms with E-state index in [1.54, 1.807) is 0 Å². The molecule has 192 valence electrons. The number of quaternary nitrogens is 1. The van der Waals surface area contributed by atoms with Crippen LogP contribution in [0.4, 0.5) is 14.6 Å². The number of esters is 1. The topological polar surface area (TPSA) is 46.6 Å².